The highest BCUT2D eigenvalue weighted by Crippen LogP contribution is 2.27. The van der Waals surface area contributed by atoms with E-state index < -0.39 is 8.07 Å². The molecule has 1 aliphatic heterocycles. The van der Waals surface area contributed by atoms with E-state index in [-0.39, 0.29) is 5.78 Å². The monoisotopic (exact) mass is 232 g/mol. The zero-order valence-electron chi connectivity index (χ0n) is 9.91. The fourth-order valence-electron chi connectivity index (χ4n) is 1.80. The van der Waals surface area contributed by atoms with Crippen LogP contribution in [0.3, 0.4) is 0 Å². The number of rotatable bonds is 1. The second-order valence-corrected chi connectivity index (χ2v) is 10.2. The Kier molecular flexibility index (Phi) is 2.72. The summed E-state index contributed by atoms with van der Waals surface area (Å²) in [7, 11) is -1.37. The van der Waals surface area contributed by atoms with E-state index in [1.807, 2.05) is 24.3 Å². The van der Waals surface area contributed by atoms with Crippen molar-refractivity contribution >= 4 is 13.9 Å². The van der Waals surface area contributed by atoms with Crippen LogP contribution < -0.4 is 4.74 Å². The SMILES string of the molecule is C[Si](C)(C)/C=C1/COc2ccccc2C1=O. The van der Waals surface area contributed by atoms with Crippen LogP contribution in [-0.4, -0.2) is 20.5 Å². The van der Waals surface area contributed by atoms with Gasteiger partial charge in [-0.3, -0.25) is 4.79 Å². The van der Waals surface area contributed by atoms with Gasteiger partial charge in [0.25, 0.3) is 0 Å². The lowest BCUT2D eigenvalue weighted by atomic mass is 10.0. The third-order valence-corrected chi connectivity index (χ3v) is 3.63. The molecule has 84 valence electrons. The molecule has 0 saturated carbocycles. The number of ketones is 1. The third-order valence-electron chi connectivity index (χ3n) is 2.41. The number of carbonyl (C=O) groups is 1. The number of fused-ring (bicyclic) bond motifs is 1. The van der Waals surface area contributed by atoms with E-state index in [9.17, 15) is 4.79 Å². The van der Waals surface area contributed by atoms with E-state index in [0.29, 0.717) is 17.9 Å². The summed E-state index contributed by atoms with van der Waals surface area (Å²) in [5, 5.41) is 0. The van der Waals surface area contributed by atoms with Crippen LogP contribution >= 0.6 is 0 Å². The number of Topliss-reactive ketones (excluding diaryl/α,β-unsaturated/α-hetero) is 1. The molecule has 0 atom stereocenters. The Morgan fingerprint density at radius 3 is 2.62 bits per heavy atom. The van der Waals surface area contributed by atoms with Crippen LogP contribution in [0.2, 0.25) is 19.6 Å². The highest BCUT2D eigenvalue weighted by molar-refractivity contribution is 6.81. The van der Waals surface area contributed by atoms with Crippen LogP contribution in [0.4, 0.5) is 0 Å². The highest BCUT2D eigenvalue weighted by atomic mass is 28.3. The summed E-state index contributed by atoms with van der Waals surface area (Å²) < 4.78 is 5.59. The first-order valence-electron chi connectivity index (χ1n) is 5.46. The zero-order chi connectivity index (χ0) is 11.8. The van der Waals surface area contributed by atoms with Crippen LogP contribution in [-0.2, 0) is 0 Å². The van der Waals surface area contributed by atoms with Gasteiger partial charge < -0.3 is 4.74 Å². The van der Waals surface area contributed by atoms with Crippen molar-refractivity contribution in [2.24, 2.45) is 0 Å². The van der Waals surface area contributed by atoms with Crippen LogP contribution in [0.5, 0.6) is 5.75 Å². The van der Waals surface area contributed by atoms with Gasteiger partial charge in [-0.05, 0) is 12.1 Å². The van der Waals surface area contributed by atoms with Crippen LogP contribution in [0.1, 0.15) is 10.4 Å². The average Bonchev–Trinajstić information content (AvgIpc) is 2.21. The van der Waals surface area contributed by atoms with Gasteiger partial charge in [0.1, 0.15) is 12.4 Å². The first-order valence-corrected chi connectivity index (χ1v) is 9.03. The van der Waals surface area contributed by atoms with E-state index >= 15 is 0 Å². The summed E-state index contributed by atoms with van der Waals surface area (Å²) in [6.45, 7) is 7.06. The molecule has 2 rings (SSSR count). The van der Waals surface area contributed by atoms with E-state index in [1.165, 1.54) is 0 Å². The van der Waals surface area contributed by atoms with Crippen molar-refractivity contribution in [1.29, 1.82) is 0 Å². The van der Waals surface area contributed by atoms with Gasteiger partial charge in [-0.25, -0.2) is 0 Å². The van der Waals surface area contributed by atoms with Crippen molar-refractivity contribution in [3.8, 4) is 5.75 Å². The quantitative estimate of drug-likeness (QED) is 0.549. The number of hydrogen-bond donors (Lipinski definition) is 0. The number of carbonyl (C=O) groups excluding carboxylic acids is 1. The highest BCUT2D eigenvalue weighted by Gasteiger charge is 2.24. The molecule has 0 fully saturated rings. The molecular formula is C13H16O2Si. The first kappa shape index (κ1) is 11.1. The minimum absolute atomic E-state index is 0.129. The lowest BCUT2D eigenvalue weighted by Gasteiger charge is -2.21. The molecule has 0 saturated heterocycles. The number of para-hydroxylation sites is 1. The van der Waals surface area contributed by atoms with Crippen molar-refractivity contribution in [1.82, 2.24) is 0 Å². The minimum atomic E-state index is -1.37. The van der Waals surface area contributed by atoms with Gasteiger partial charge in [-0.2, -0.15) is 0 Å². The van der Waals surface area contributed by atoms with E-state index in [1.54, 1.807) is 0 Å². The van der Waals surface area contributed by atoms with Gasteiger partial charge in [-0.1, -0.05) is 37.5 Å². The van der Waals surface area contributed by atoms with Crippen LogP contribution in [0.25, 0.3) is 0 Å². The maximum absolute atomic E-state index is 12.2. The van der Waals surface area contributed by atoms with Gasteiger partial charge in [0.05, 0.1) is 13.6 Å². The summed E-state index contributed by atoms with van der Waals surface area (Å²) >= 11 is 0. The molecule has 0 unspecified atom stereocenters. The lowest BCUT2D eigenvalue weighted by molar-refractivity contribution is 0.0999. The molecule has 0 aromatic heterocycles. The fourth-order valence-corrected chi connectivity index (χ4v) is 3.06. The Morgan fingerprint density at radius 2 is 1.94 bits per heavy atom. The number of ether oxygens (including phenoxy) is 1. The average molecular weight is 232 g/mol. The molecule has 1 aromatic carbocycles. The number of hydrogen-bond acceptors (Lipinski definition) is 2. The molecule has 0 radical (unpaired) electrons. The predicted molar refractivity (Wildman–Crippen MR) is 67.7 cm³/mol. The Morgan fingerprint density at radius 1 is 1.25 bits per heavy atom. The summed E-state index contributed by atoms with van der Waals surface area (Å²) in [4.78, 5) is 12.2. The standard InChI is InChI=1S/C13H16O2Si/c1-16(2,3)9-10-8-15-12-7-5-4-6-11(12)13(10)14/h4-7,9H,8H2,1-3H3/b10-9-. The minimum Gasteiger partial charge on any atom is -0.488 e. The zero-order valence-corrected chi connectivity index (χ0v) is 10.9. The predicted octanol–water partition coefficient (Wildman–Crippen LogP) is 3.07. The largest absolute Gasteiger partial charge is 0.488 e. The summed E-state index contributed by atoms with van der Waals surface area (Å²) in [5.74, 6) is 0.838. The van der Waals surface area contributed by atoms with Gasteiger partial charge >= 0.3 is 0 Å². The summed E-state index contributed by atoms with van der Waals surface area (Å²) in [6.07, 6.45) is 0. The van der Waals surface area contributed by atoms with Crippen molar-refractivity contribution in [2.45, 2.75) is 19.6 Å². The Hall–Kier alpha value is -1.35. The van der Waals surface area contributed by atoms with Gasteiger partial charge in [0.2, 0.25) is 0 Å². The molecule has 1 aromatic rings. The molecular weight excluding hydrogens is 216 g/mol. The summed E-state index contributed by atoms with van der Waals surface area (Å²) in [5.41, 5.74) is 3.64. The van der Waals surface area contributed by atoms with Crippen LogP contribution in [0, 0.1) is 0 Å². The maximum atomic E-state index is 12.2. The van der Waals surface area contributed by atoms with Gasteiger partial charge in [-0.15, -0.1) is 0 Å². The molecule has 0 bridgehead atoms. The first-order chi connectivity index (χ1) is 7.47. The van der Waals surface area contributed by atoms with Crippen molar-refractivity contribution in [2.75, 3.05) is 6.61 Å². The van der Waals surface area contributed by atoms with Crippen molar-refractivity contribution in [3.63, 3.8) is 0 Å². The summed E-state index contributed by atoms with van der Waals surface area (Å²) in [6, 6.07) is 7.43. The molecule has 2 nitrogen and oxygen atoms in total. The molecule has 1 heterocycles. The molecule has 16 heavy (non-hydrogen) atoms. The normalized spacial score (nSPS) is 18.2. The molecule has 0 aliphatic carbocycles. The molecule has 0 spiro atoms. The fraction of sp³-hybridized carbons (Fsp3) is 0.308. The second-order valence-electron chi connectivity index (χ2n) is 5.15. The molecule has 0 amide bonds. The van der Waals surface area contributed by atoms with E-state index in [4.69, 9.17) is 4.74 Å². The Balaban J connectivity index is 2.39. The van der Waals surface area contributed by atoms with E-state index in [0.717, 1.165) is 5.57 Å². The second kappa shape index (κ2) is 3.90. The van der Waals surface area contributed by atoms with Gasteiger partial charge in [0, 0.05) is 5.57 Å². The molecule has 1 aliphatic rings. The topological polar surface area (TPSA) is 26.3 Å². The Labute approximate surface area is 96.9 Å². The van der Waals surface area contributed by atoms with Crippen molar-refractivity contribution < 1.29 is 9.53 Å². The number of benzene rings is 1. The van der Waals surface area contributed by atoms with Crippen molar-refractivity contribution in [3.05, 3.63) is 41.1 Å². The Bertz CT molecular complexity index is 455. The van der Waals surface area contributed by atoms with Crippen LogP contribution in [0.15, 0.2) is 35.5 Å². The third kappa shape index (κ3) is 2.24. The lowest BCUT2D eigenvalue weighted by Crippen LogP contribution is -2.25. The van der Waals surface area contributed by atoms with E-state index in [2.05, 4.69) is 25.3 Å². The molecule has 0 N–H and O–H groups in total. The van der Waals surface area contributed by atoms with Gasteiger partial charge in [0.15, 0.2) is 5.78 Å². The molecule has 3 heteroatoms. The maximum Gasteiger partial charge on any atom is 0.195 e. The smallest absolute Gasteiger partial charge is 0.195 e.